The topological polar surface area (TPSA) is 49.2 Å². The molecule has 0 N–H and O–H groups in total. The molecule has 5 nitrogen and oxygen atoms in total. The number of hydrogen-bond acceptors (Lipinski definition) is 5. The van der Waals surface area contributed by atoms with Crippen molar-refractivity contribution in [3.05, 3.63) is 65.5 Å². The number of ether oxygens (including phenoxy) is 2. The van der Waals surface area contributed by atoms with E-state index in [4.69, 9.17) is 9.47 Å². The van der Waals surface area contributed by atoms with E-state index in [1.54, 1.807) is 11.8 Å². The van der Waals surface area contributed by atoms with Gasteiger partial charge in [0.1, 0.15) is 18.1 Å². The van der Waals surface area contributed by atoms with Crippen LogP contribution in [0.2, 0.25) is 0 Å². The lowest BCUT2D eigenvalue weighted by atomic mass is 10.1. The monoisotopic (exact) mass is 369 g/mol. The summed E-state index contributed by atoms with van der Waals surface area (Å²) in [6, 6.07) is 16.0. The molecule has 6 heteroatoms. The second kappa shape index (κ2) is 8.76. The van der Waals surface area contributed by atoms with Crippen molar-refractivity contribution in [3.8, 4) is 11.5 Å². The maximum absolute atomic E-state index is 5.90. The molecule has 0 atom stereocenters. The Morgan fingerprint density at radius 2 is 1.81 bits per heavy atom. The molecule has 2 aromatic carbocycles. The fraction of sp³-hybridized carbons (Fsp3) is 0.300. The molecule has 1 heterocycles. The Morgan fingerprint density at radius 3 is 2.58 bits per heavy atom. The summed E-state index contributed by atoms with van der Waals surface area (Å²) >= 11 is 1.62. The number of benzene rings is 2. The van der Waals surface area contributed by atoms with E-state index in [0.717, 1.165) is 33.8 Å². The molecule has 26 heavy (non-hydrogen) atoms. The lowest BCUT2D eigenvalue weighted by molar-refractivity contribution is 0.288. The van der Waals surface area contributed by atoms with Crippen LogP contribution in [0.15, 0.2) is 53.7 Å². The average Bonchev–Trinajstić information content (AvgIpc) is 2.99. The first kappa shape index (κ1) is 18.3. The Labute approximate surface area is 158 Å². The first-order valence-electron chi connectivity index (χ1n) is 8.52. The van der Waals surface area contributed by atoms with Crippen LogP contribution >= 0.6 is 11.8 Å². The molecular formula is C20H23N3O2S. The number of para-hydroxylation sites is 1. The molecule has 0 spiro atoms. The predicted molar refractivity (Wildman–Crippen MR) is 104 cm³/mol. The van der Waals surface area contributed by atoms with Gasteiger partial charge in [-0.05, 0) is 37.6 Å². The molecule has 3 aromatic rings. The number of aromatic nitrogens is 3. The molecular weight excluding hydrogens is 346 g/mol. The number of thioether (sulfide) groups is 1. The van der Waals surface area contributed by atoms with E-state index in [1.165, 1.54) is 5.56 Å². The zero-order chi connectivity index (χ0) is 18.4. The highest BCUT2D eigenvalue weighted by Crippen LogP contribution is 2.21. The van der Waals surface area contributed by atoms with Crippen molar-refractivity contribution in [2.24, 2.45) is 7.05 Å². The van der Waals surface area contributed by atoms with Gasteiger partial charge in [-0.15, -0.1) is 10.2 Å². The SMILES string of the molecule is Cc1ccc(OCc2nnc(SCCOc3ccccc3)n2C)c(C)c1. The molecule has 3 rings (SSSR count). The Kier molecular flexibility index (Phi) is 6.17. The molecule has 0 fully saturated rings. The van der Waals surface area contributed by atoms with Gasteiger partial charge < -0.3 is 14.0 Å². The number of hydrogen-bond donors (Lipinski definition) is 0. The van der Waals surface area contributed by atoms with E-state index >= 15 is 0 Å². The molecule has 0 aliphatic heterocycles. The van der Waals surface area contributed by atoms with E-state index in [0.29, 0.717) is 13.2 Å². The molecule has 136 valence electrons. The summed E-state index contributed by atoms with van der Waals surface area (Å²) in [6.07, 6.45) is 0. The molecule has 1 aromatic heterocycles. The van der Waals surface area contributed by atoms with E-state index < -0.39 is 0 Å². The van der Waals surface area contributed by atoms with Crippen molar-refractivity contribution in [1.29, 1.82) is 0 Å². The van der Waals surface area contributed by atoms with Crippen LogP contribution in [-0.4, -0.2) is 27.1 Å². The Balaban J connectivity index is 1.49. The molecule has 0 amide bonds. The van der Waals surface area contributed by atoms with Crippen molar-refractivity contribution in [1.82, 2.24) is 14.8 Å². The second-order valence-electron chi connectivity index (χ2n) is 6.03. The van der Waals surface area contributed by atoms with E-state index in [9.17, 15) is 0 Å². The van der Waals surface area contributed by atoms with E-state index in [1.807, 2.05) is 61.0 Å². The first-order valence-corrected chi connectivity index (χ1v) is 9.51. The van der Waals surface area contributed by atoms with E-state index in [2.05, 4.69) is 23.2 Å². The normalized spacial score (nSPS) is 10.7. The minimum absolute atomic E-state index is 0.397. The van der Waals surface area contributed by atoms with Gasteiger partial charge in [0.2, 0.25) is 0 Å². The largest absolute Gasteiger partial charge is 0.493 e. The van der Waals surface area contributed by atoms with Gasteiger partial charge in [0.15, 0.2) is 11.0 Å². The quantitative estimate of drug-likeness (QED) is 0.440. The minimum Gasteiger partial charge on any atom is -0.493 e. The molecule has 0 saturated heterocycles. The van der Waals surface area contributed by atoms with Crippen molar-refractivity contribution in [2.45, 2.75) is 25.6 Å². The summed E-state index contributed by atoms with van der Waals surface area (Å²) in [5, 5.41) is 9.35. The van der Waals surface area contributed by atoms with Crippen LogP contribution in [0.5, 0.6) is 11.5 Å². The summed E-state index contributed by atoms with van der Waals surface area (Å²) < 4.78 is 13.6. The maximum atomic E-state index is 5.90. The third-order valence-corrected chi connectivity index (χ3v) is 4.92. The highest BCUT2D eigenvalue weighted by molar-refractivity contribution is 7.99. The summed E-state index contributed by atoms with van der Waals surface area (Å²) in [5.41, 5.74) is 2.35. The molecule has 0 saturated carbocycles. The van der Waals surface area contributed by atoms with Crippen LogP contribution in [0, 0.1) is 13.8 Å². The summed E-state index contributed by atoms with van der Waals surface area (Å²) in [4.78, 5) is 0. The van der Waals surface area contributed by atoms with Crippen LogP contribution in [-0.2, 0) is 13.7 Å². The zero-order valence-electron chi connectivity index (χ0n) is 15.3. The van der Waals surface area contributed by atoms with Gasteiger partial charge in [-0.1, -0.05) is 47.7 Å². The van der Waals surface area contributed by atoms with Gasteiger partial charge in [0.25, 0.3) is 0 Å². The van der Waals surface area contributed by atoms with Gasteiger partial charge in [-0.25, -0.2) is 0 Å². The Morgan fingerprint density at radius 1 is 1.00 bits per heavy atom. The second-order valence-corrected chi connectivity index (χ2v) is 7.09. The van der Waals surface area contributed by atoms with Gasteiger partial charge in [0, 0.05) is 12.8 Å². The van der Waals surface area contributed by atoms with Crippen molar-refractivity contribution >= 4 is 11.8 Å². The number of aryl methyl sites for hydroxylation is 2. The molecule has 0 bridgehead atoms. The van der Waals surface area contributed by atoms with E-state index in [-0.39, 0.29) is 0 Å². The van der Waals surface area contributed by atoms with Crippen molar-refractivity contribution in [2.75, 3.05) is 12.4 Å². The average molecular weight is 369 g/mol. The van der Waals surface area contributed by atoms with Crippen LogP contribution in [0.4, 0.5) is 0 Å². The summed E-state index contributed by atoms with van der Waals surface area (Å²) in [6.45, 7) is 5.14. The lowest BCUT2D eigenvalue weighted by Crippen LogP contribution is -2.06. The predicted octanol–water partition coefficient (Wildman–Crippen LogP) is 4.18. The maximum Gasteiger partial charge on any atom is 0.191 e. The molecule has 0 aliphatic carbocycles. The van der Waals surface area contributed by atoms with Crippen molar-refractivity contribution in [3.63, 3.8) is 0 Å². The Hall–Kier alpha value is -2.47. The Bertz CT molecular complexity index is 850. The van der Waals surface area contributed by atoms with Gasteiger partial charge in [-0.3, -0.25) is 0 Å². The third kappa shape index (κ3) is 4.79. The minimum atomic E-state index is 0.397. The fourth-order valence-corrected chi connectivity index (χ4v) is 3.26. The highest BCUT2D eigenvalue weighted by Gasteiger charge is 2.10. The smallest absolute Gasteiger partial charge is 0.191 e. The van der Waals surface area contributed by atoms with Crippen molar-refractivity contribution < 1.29 is 9.47 Å². The van der Waals surface area contributed by atoms with Crippen LogP contribution < -0.4 is 9.47 Å². The van der Waals surface area contributed by atoms with Crippen LogP contribution in [0.1, 0.15) is 17.0 Å². The highest BCUT2D eigenvalue weighted by atomic mass is 32.2. The van der Waals surface area contributed by atoms with Gasteiger partial charge >= 0.3 is 0 Å². The fourth-order valence-electron chi connectivity index (χ4n) is 2.51. The van der Waals surface area contributed by atoms with Gasteiger partial charge in [0.05, 0.1) is 6.61 Å². The van der Waals surface area contributed by atoms with Crippen LogP contribution in [0.25, 0.3) is 0 Å². The third-order valence-electron chi connectivity index (χ3n) is 3.94. The molecule has 0 unspecified atom stereocenters. The lowest BCUT2D eigenvalue weighted by Gasteiger charge is -2.09. The summed E-state index contributed by atoms with van der Waals surface area (Å²) in [7, 11) is 1.96. The zero-order valence-corrected chi connectivity index (χ0v) is 16.1. The summed E-state index contributed by atoms with van der Waals surface area (Å²) in [5.74, 6) is 3.37. The number of rotatable bonds is 8. The number of nitrogens with zero attached hydrogens (tertiary/aromatic N) is 3. The first-order chi connectivity index (χ1) is 12.6. The molecule has 0 aliphatic rings. The van der Waals surface area contributed by atoms with Crippen LogP contribution in [0.3, 0.4) is 0 Å². The van der Waals surface area contributed by atoms with Gasteiger partial charge in [-0.2, -0.15) is 0 Å². The molecule has 0 radical (unpaired) electrons. The standard InChI is InChI=1S/C20H23N3O2S/c1-15-9-10-18(16(2)13-15)25-14-19-21-22-20(23(19)3)26-12-11-24-17-7-5-4-6-8-17/h4-10,13H,11-12,14H2,1-3H3.